The van der Waals surface area contributed by atoms with Crippen molar-refractivity contribution in [1.29, 1.82) is 0 Å². The quantitative estimate of drug-likeness (QED) is 0.230. The van der Waals surface area contributed by atoms with E-state index >= 15 is 0 Å². The predicted molar refractivity (Wildman–Crippen MR) is 142 cm³/mol. The molecule has 0 spiro atoms. The molecule has 0 saturated carbocycles. The van der Waals surface area contributed by atoms with Crippen molar-refractivity contribution in [2.75, 3.05) is 18.4 Å². The first-order chi connectivity index (χ1) is 18.8. The Labute approximate surface area is 229 Å². The zero-order valence-electron chi connectivity index (χ0n) is 21.9. The molecule has 1 saturated heterocycles. The maximum absolute atomic E-state index is 13.0. The Hall–Kier alpha value is -4.32. The number of aliphatic hydroxyl groups is 1. The second-order valence-electron chi connectivity index (χ2n) is 9.90. The van der Waals surface area contributed by atoms with Crippen LogP contribution >= 0.6 is 0 Å². The molecule has 1 aliphatic heterocycles. The van der Waals surface area contributed by atoms with Gasteiger partial charge in [0.1, 0.15) is 34.7 Å². The van der Waals surface area contributed by atoms with Crippen LogP contribution in [-0.4, -0.2) is 44.8 Å². The van der Waals surface area contributed by atoms with E-state index in [-0.39, 0.29) is 17.6 Å². The number of hydrogen-bond acceptors (Lipinski definition) is 6. The molecule has 0 aromatic heterocycles. The van der Waals surface area contributed by atoms with E-state index in [9.17, 15) is 38.3 Å². The fourth-order valence-electron chi connectivity index (χ4n) is 4.29. The number of aromatic hydroxyl groups is 1. The summed E-state index contributed by atoms with van der Waals surface area (Å²) in [5, 5.41) is 33.3. The van der Waals surface area contributed by atoms with Crippen molar-refractivity contribution < 1.29 is 37.8 Å². The predicted octanol–water partition coefficient (Wildman–Crippen LogP) is 6.60. The van der Waals surface area contributed by atoms with Gasteiger partial charge in [0.15, 0.2) is 0 Å². The molecule has 9 nitrogen and oxygen atoms in total. The minimum atomic E-state index is -0.948. The number of phenols is 1. The van der Waals surface area contributed by atoms with Gasteiger partial charge in [-0.3, -0.25) is 10.1 Å². The van der Waals surface area contributed by atoms with Gasteiger partial charge in [0.05, 0.1) is 22.7 Å². The number of nitro groups is 1. The average Bonchev–Trinajstić information content (AvgIpc) is 2.84. The number of nitrogens with one attached hydrogen (secondary N) is 1. The van der Waals surface area contributed by atoms with Gasteiger partial charge in [0.2, 0.25) is 0 Å². The number of nitro benzene ring substituents is 1. The van der Waals surface area contributed by atoms with Crippen LogP contribution in [0, 0.1) is 33.5 Å². The van der Waals surface area contributed by atoms with Gasteiger partial charge in [0, 0.05) is 43.0 Å². The third kappa shape index (κ3) is 9.16. The number of carbonyl (C=O) groups excluding carboxylic acids is 1. The largest absolute Gasteiger partial charge is 0.508 e. The van der Waals surface area contributed by atoms with Crippen molar-refractivity contribution in [1.82, 2.24) is 4.90 Å². The fraction of sp³-hybridized carbons (Fsp3) is 0.321. The Kier molecular flexibility index (Phi) is 9.94. The second-order valence-corrected chi connectivity index (χ2v) is 9.90. The summed E-state index contributed by atoms with van der Waals surface area (Å²) in [7, 11) is 0. The Balaban J connectivity index is 0.000000336. The number of ether oxygens (including phenoxy) is 1. The van der Waals surface area contributed by atoms with Crippen LogP contribution in [0.5, 0.6) is 17.2 Å². The SMILES string of the molecule is CC(C)CC1(O)CCN(C(=O)Nc2cc(O)cc(Oc3ccc(F)cc3)c2)CC1.O=[N+]([O-])c1cc(F)cc(F)c1. The fourth-order valence-corrected chi connectivity index (χ4v) is 4.29. The van der Waals surface area contributed by atoms with Crippen LogP contribution in [0.15, 0.2) is 60.7 Å². The molecule has 40 heavy (non-hydrogen) atoms. The molecule has 1 fully saturated rings. The van der Waals surface area contributed by atoms with E-state index < -0.39 is 27.8 Å². The summed E-state index contributed by atoms with van der Waals surface area (Å²) in [6.07, 6.45) is 1.80. The number of carbonyl (C=O) groups is 1. The summed E-state index contributed by atoms with van der Waals surface area (Å²) in [4.78, 5) is 23.4. The second kappa shape index (κ2) is 13.2. The normalized spacial score (nSPS) is 14.2. The first kappa shape index (κ1) is 30.2. The summed E-state index contributed by atoms with van der Waals surface area (Å²) in [5.74, 6) is -1.21. The monoisotopic (exact) mass is 561 g/mol. The number of hydrogen-bond donors (Lipinski definition) is 3. The third-order valence-corrected chi connectivity index (χ3v) is 6.02. The summed E-state index contributed by atoms with van der Waals surface area (Å²) in [5.41, 5.74) is -0.913. The molecule has 3 N–H and O–H groups in total. The molecule has 0 atom stereocenters. The number of rotatable bonds is 6. The molecule has 2 amide bonds. The molecule has 3 aromatic rings. The first-order valence-electron chi connectivity index (χ1n) is 12.5. The van der Waals surface area contributed by atoms with Crippen molar-refractivity contribution in [2.24, 2.45) is 5.92 Å². The van der Waals surface area contributed by atoms with Gasteiger partial charge in [0.25, 0.3) is 5.69 Å². The molecule has 3 aromatic carbocycles. The van der Waals surface area contributed by atoms with E-state index in [1.165, 1.54) is 36.4 Å². The lowest BCUT2D eigenvalue weighted by atomic mass is 9.84. The lowest BCUT2D eigenvalue weighted by Crippen LogP contribution is -2.48. The Morgan fingerprint density at radius 2 is 1.60 bits per heavy atom. The minimum Gasteiger partial charge on any atom is -0.508 e. The van der Waals surface area contributed by atoms with Gasteiger partial charge in [-0.25, -0.2) is 18.0 Å². The summed E-state index contributed by atoms with van der Waals surface area (Å²) in [6, 6.07) is 11.5. The van der Waals surface area contributed by atoms with Gasteiger partial charge in [-0.1, -0.05) is 13.8 Å². The standard InChI is InChI=1S/C22H27FN2O4.C6H3F2NO2/c1-15(2)14-22(28)7-9-25(10-8-22)21(27)24-17-11-18(26)13-20(12-17)29-19-5-3-16(23)4-6-19;7-4-1-5(8)3-6(2-4)9(10)11/h3-6,11-13,15,26,28H,7-10,14H2,1-2H3,(H,24,27);1-3H. The highest BCUT2D eigenvalue weighted by Gasteiger charge is 2.34. The van der Waals surface area contributed by atoms with Crippen LogP contribution in [0.3, 0.4) is 0 Å². The van der Waals surface area contributed by atoms with Crippen LogP contribution in [-0.2, 0) is 0 Å². The zero-order valence-corrected chi connectivity index (χ0v) is 21.9. The molecule has 1 heterocycles. The van der Waals surface area contributed by atoms with Gasteiger partial charge in [-0.15, -0.1) is 0 Å². The molecule has 0 bridgehead atoms. The van der Waals surface area contributed by atoms with Gasteiger partial charge in [-0.2, -0.15) is 0 Å². The van der Waals surface area contributed by atoms with Gasteiger partial charge >= 0.3 is 6.03 Å². The minimum absolute atomic E-state index is 0.0649. The molecule has 0 aliphatic carbocycles. The number of nitrogens with zero attached hydrogens (tertiary/aromatic N) is 2. The molecular weight excluding hydrogens is 531 g/mol. The molecular formula is C28H30F3N3O6. The number of likely N-dealkylation sites (tertiary alicyclic amines) is 1. The number of non-ortho nitro benzene ring substituents is 1. The summed E-state index contributed by atoms with van der Waals surface area (Å²) >= 11 is 0. The Bertz CT molecular complexity index is 1310. The molecule has 12 heteroatoms. The van der Waals surface area contributed by atoms with E-state index in [1.807, 2.05) is 0 Å². The molecule has 214 valence electrons. The van der Waals surface area contributed by atoms with Crippen molar-refractivity contribution >= 4 is 17.4 Å². The van der Waals surface area contributed by atoms with E-state index in [4.69, 9.17) is 4.74 Å². The highest BCUT2D eigenvalue weighted by molar-refractivity contribution is 5.90. The van der Waals surface area contributed by atoms with Crippen molar-refractivity contribution in [3.63, 3.8) is 0 Å². The topological polar surface area (TPSA) is 125 Å². The summed E-state index contributed by atoms with van der Waals surface area (Å²) < 4.78 is 43.1. The van der Waals surface area contributed by atoms with Crippen molar-refractivity contribution in [3.8, 4) is 17.2 Å². The van der Waals surface area contributed by atoms with Crippen LogP contribution in [0.1, 0.15) is 33.1 Å². The lowest BCUT2D eigenvalue weighted by Gasteiger charge is -2.39. The Morgan fingerprint density at radius 1 is 1.00 bits per heavy atom. The number of halogens is 3. The number of piperidine rings is 1. The van der Waals surface area contributed by atoms with Gasteiger partial charge < -0.3 is 25.2 Å². The first-order valence-corrected chi connectivity index (χ1v) is 12.5. The maximum Gasteiger partial charge on any atom is 0.321 e. The number of amides is 2. The van der Waals surface area contributed by atoms with Gasteiger partial charge in [-0.05, 0) is 49.4 Å². The van der Waals surface area contributed by atoms with Crippen molar-refractivity contribution in [3.05, 3.63) is 88.2 Å². The van der Waals surface area contributed by atoms with Crippen LogP contribution < -0.4 is 10.1 Å². The van der Waals surface area contributed by atoms with E-state index in [0.717, 1.165) is 6.42 Å². The number of anilines is 1. The smallest absolute Gasteiger partial charge is 0.321 e. The molecule has 4 rings (SSSR count). The van der Waals surface area contributed by atoms with Crippen LogP contribution in [0.4, 0.5) is 29.3 Å². The van der Waals surface area contributed by atoms with E-state index in [1.54, 1.807) is 11.0 Å². The molecule has 1 aliphatic rings. The lowest BCUT2D eigenvalue weighted by molar-refractivity contribution is -0.385. The van der Waals surface area contributed by atoms with Crippen LogP contribution in [0.2, 0.25) is 0 Å². The molecule has 0 radical (unpaired) electrons. The van der Waals surface area contributed by atoms with E-state index in [2.05, 4.69) is 19.2 Å². The average molecular weight is 562 g/mol. The number of benzene rings is 3. The highest BCUT2D eigenvalue weighted by Crippen LogP contribution is 2.31. The Morgan fingerprint density at radius 3 is 2.15 bits per heavy atom. The van der Waals surface area contributed by atoms with Crippen LogP contribution in [0.25, 0.3) is 0 Å². The van der Waals surface area contributed by atoms with Crippen molar-refractivity contribution in [2.45, 2.75) is 38.7 Å². The van der Waals surface area contributed by atoms with E-state index in [0.29, 0.717) is 67.2 Å². The number of urea groups is 1. The third-order valence-electron chi connectivity index (χ3n) is 6.02. The molecule has 0 unspecified atom stereocenters. The highest BCUT2D eigenvalue weighted by atomic mass is 19.1. The summed E-state index contributed by atoms with van der Waals surface area (Å²) in [6.45, 7) is 5.08. The maximum atomic E-state index is 13.0. The number of phenolic OH excluding ortho intramolecular Hbond substituents is 1. The zero-order chi connectivity index (χ0) is 29.4.